The lowest BCUT2D eigenvalue weighted by atomic mass is 10.1. The number of anilines is 2. The van der Waals surface area contributed by atoms with Gasteiger partial charge in [-0.25, -0.2) is 0 Å². The molecule has 2 rings (SSSR count). The van der Waals surface area contributed by atoms with Crippen molar-refractivity contribution in [1.29, 1.82) is 0 Å². The van der Waals surface area contributed by atoms with Crippen LogP contribution in [0.5, 0.6) is 0 Å². The molecule has 1 aliphatic rings. The molecule has 0 spiro atoms. The molecule has 2 amide bonds. The monoisotopic (exact) mass is 338 g/mol. The normalized spacial score (nSPS) is 17.2. The maximum Gasteiger partial charge on any atom is 0.224 e. The second-order valence-corrected chi connectivity index (χ2v) is 8.17. The van der Waals surface area contributed by atoms with Gasteiger partial charge < -0.3 is 10.6 Å². The molecule has 22 heavy (non-hydrogen) atoms. The minimum absolute atomic E-state index is 0.0356. The summed E-state index contributed by atoms with van der Waals surface area (Å²) in [6.07, 6.45) is 5.10. The highest BCUT2D eigenvalue weighted by Gasteiger charge is 2.15. The molecule has 1 saturated heterocycles. The first-order valence-corrected chi connectivity index (χ1v) is 9.97. The number of carbonyl (C=O) groups is 2. The fraction of sp³-hybridized carbons (Fsp3) is 0.500. The predicted molar refractivity (Wildman–Crippen MR) is 96.3 cm³/mol. The third-order valence-corrected chi connectivity index (χ3v) is 6.38. The molecule has 120 valence electrons. The van der Waals surface area contributed by atoms with Crippen LogP contribution < -0.4 is 10.6 Å². The molecule has 0 aromatic heterocycles. The van der Waals surface area contributed by atoms with Gasteiger partial charge in [-0.15, -0.1) is 0 Å². The van der Waals surface area contributed by atoms with E-state index in [1.165, 1.54) is 25.5 Å². The quantitative estimate of drug-likeness (QED) is 0.575. The molecule has 4 nitrogen and oxygen atoms in total. The second kappa shape index (κ2) is 9.10. The number of rotatable bonds is 7. The summed E-state index contributed by atoms with van der Waals surface area (Å²) in [5, 5.41) is 6.37. The maximum absolute atomic E-state index is 11.9. The Morgan fingerprint density at radius 3 is 2.68 bits per heavy atom. The molecule has 0 bridgehead atoms. The highest BCUT2D eigenvalue weighted by Crippen LogP contribution is 2.39. The van der Waals surface area contributed by atoms with Gasteiger partial charge in [0.25, 0.3) is 0 Å². The minimum Gasteiger partial charge on any atom is -0.326 e. The molecule has 1 atom stereocenters. The summed E-state index contributed by atoms with van der Waals surface area (Å²) < 4.78 is 0. The zero-order chi connectivity index (χ0) is 15.8. The summed E-state index contributed by atoms with van der Waals surface area (Å²) in [6.45, 7) is 1.46. The largest absolute Gasteiger partial charge is 0.326 e. The van der Waals surface area contributed by atoms with Crippen molar-refractivity contribution in [2.45, 2.75) is 44.3 Å². The maximum atomic E-state index is 11.9. The van der Waals surface area contributed by atoms with Gasteiger partial charge >= 0.3 is 0 Å². The molecule has 0 aliphatic carbocycles. The summed E-state index contributed by atoms with van der Waals surface area (Å²) in [5.41, 5.74) is 1.42. The predicted octanol–water partition coefficient (Wildman–Crippen LogP) is 4.30. The Morgan fingerprint density at radius 1 is 1.23 bits per heavy atom. The summed E-state index contributed by atoms with van der Waals surface area (Å²) >= 11 is 0. The van der Waals surface area contributed by atoms with Gasteiger partial charge in [0.05, 0.1) is 0 Å². The first-order chi connectivity index (χ1) is 10.6. The topological polar surface area (TPSA) is 58.2 Å². The van der Waals surface area contributed by atoms with E-state index in [2.05, 4.69) is 10.6 Å². The van der Waals surface area contributed by atoms with Gasteiger partial charge in [0.1, 0.15) is 0 Å². The lowest BCUT2D eigenvalue weighted by Gasteiger charge is -2.09. The zero-order valence-corrected chi connectivity index (χ0v) is 14.4. The number of hydrogen-bond acceptors (Lipinski definition) is 4. The molecule has 1 unspecified atom stereocenters. The van der Waals surface area contributed by atoms with E-state index >= 15 is 0 Å². The second-order valence-electron chi connectivity index (χ2n) is 5.38. The van der Waals surface area contributed by atoms with Gasteiger partial charge in [0.15, 0.2) is 0 Å². The Balaban J connectivity index is 1.68. The summed E-state index contributed by atoms with van der Waals surface area (Å²) in [7, 11) is 3.95. The molecule has 2 N–H and O–H groups in total. The van der Waals surface area contributed by atoms with Crippen molar-refractivity contribution in [1.82, 2.24) is 0 Å². The Hall–Kier alpha value is -1.14. The van der Waals surface area contributed by atoms with Crippen molar-refractivity contribution in [3.05, 3.63) is 24.3 Å². The summed E-state index contributed by atoms with van der Waals surface area (Å²) in [4.78, 5) is 23.0. The van der Waals surface area contributed by atoms with Crippen molar-refractivity contribution >= 4 is 44.8 Å². The molecule has 1 aliphatic heterocycles. The number of unbranched alkanes of at least 4 members (excludes halogenated alkanes) is 1. The lowest BCUT2D eigenvalue weighted by molar-refractivity contribution is -0.116. The van der Waals surface area contributed by atoms with E-state index < -0.39 is 0 Å². The van der Waals surface area contributed by atoms with Gasteiger partial charge in [0, 0.05) is 35.7 Å². The minimum atomic E-state index is -0.119. The van der Waals surface area contributed by atoms with Crippen LogP contribution in [0.2, 0.25) is 0 Å². The number of amides is 2. The van der Waals surface area contributed by atoms with E-state index in [0.717, 1.165) is 23.8 Å². The average Bonchev–Trinajstić information content (AvgIpc) is 2.96. The number of hydrogen-bond donors (Lipinski definition) is 2. The van der Waals surface area contributed by atoms with Crippen LogP contribution in [-0.4, -0.2) is 22.8 Å². The van der Waals surface area contributed by atoms with Crippen LogP contribution in [0.1, 0.15) is 39.0 Å². The van der Waals surface area contributed by atoms with Crippen molar-refractivity contribution in [3.8, 4) is 0 Å². The van der Waals surface area contributed by atoms with Crippen LogP contribution in [0.15, 0.2) is 24.3 Å². The van der Waals surface area contributed by atoms with Crippen LogP contribution >= 0.6 is 21.6 Å². The Kier molecular flexibility index (Phi) is 7.12. The summed E-state index contributed by atoms with van der Waals surface area (Å²) in [6, 6.07) is 7.21. The van der Waals surface area contributed by atoms with Crippen LogP contribution in [0.25, 0.3) is 0 Å². The average molecular weight is 338 g/mol. The molecule has 1 heterocycles. The van der Waals surface area contributed by atoms with E-state index in [-0.39, 0.29) is 11.8 Å². The van der Waals surface area contributed by atoms with Crippen LogP contribution in [-0.2, 0) is 9.59 Å². The Labute approximate surface area is 139 Å². The molecule has 1 fully saturated rings. The fourth-order valence-corrected chi connectivity index (χ4v) is 5.35. The molecular weight excluding hydrogens is 316 g/mol. The van der Waals surface area contributed by atoms with Crippen molar-refractivity contribution in [3.63, 3.8) is 0 Å². The molecular formula is C16H22N2O2S2. The van der Waals surface area contributed by atoms with Gasteiger partial charge in [0.2, 0.25) is 11.8 Å². The highest BCUT2D eigenvalue weighted by molar-refractivity contribution is 8.77. The van der Waals surface area contributed by atoms with E-state index in [4.69, 9.17) is 0 Å². The fourth-order valence-electron chi connectivity index (χ4n) is 2.32. The Bertz CT molecular complexity index is 517. The summed E-state index contributed by atoms with van der Waals surface area (Å²) in [5.74, 6) is 1.18. The Morgan fingerprint density at radius 2 is 2.00 bits per heavy atom. The lowest BCUT2D eigenvalue weighted by Crippen LogP contribution is -2.12. The SMILES string of the molecule is CC(=O)Nc1cccc(NC(=O)CCCCC2CCSS2)c1. The zero-order valence-electron chi connectivity index (χ0n) is 12.8. The standard InChI is InChI=1S/C16H22N2O2S2/c1-12(19)17-13-5-4-6-14(11-13)18-16(20)8-3-2-7-15-9-10-21-22-15/h4-6,11,15H,2-3,7-10H2,1H3,(H,17,19)(H,18,20). The third-order valence-electron chi connectivity index (χ3n) is 3.37. The molecule has 6 heteroatoms. The van der Waals surface area contributed by atoms with E-state index in [1.54, 1.807) is 12.1 Å². The number of carbonyl (C=O) groups excluding carboxylic acids is 2. The van der Waals surface area contributed by atoms with Crippen molar-refractivity contribution < 1.29 is 9.59 Å². The van der Waals surface area contributed by atoms with Crippen LogP contribution in [0.3, 0.4) is 0 Å². The van der Waals surface area contributed by atoms with E-state index in [0.29, 0.717) is 12.1 Å². The molecule has 1 aromatic rings. The first-order valence-electron chi connectivity index (χ1n) is 7.59. The van der Waals surface area contributed by atoms with Gasteiger partial charge in [-0.1, -0.05) is 34.1 Å². The molecule has 0 saturated carbocycles. The van der Waals surface area contributed by atoms with Crippen LogP contribution in [0, 0.1) is 0 Å². The number of benzene rings is 1. The van der Waals surface area contributed by atoms with E-state index in [9.17, 15) is 9.59 Å². The van der Waals surface area contributed by atoms with Crippen molar-refractivity contribution in [2.75, 3.05) is 16.4 Å². The van der Waals surface area contributed by atoms with E-state index in [1.807, 2.05) is 33.7 Å². The molecule has 1 aromatic carbocycles. The van der Waals surface area contributed by atoms with Gasteiger partial charge in [-0.3, -0.25) is 9.59 Å². The first kappa shape index (κ1) is 17.2. The number of nitrogens with one attached hydrogen (secondary N) is 2. The van der Waals surface area contributed by atoms with Gasteiger partial charge in [-0.05, 0) is 37.5 Å². The van der Waals surface area contributed by atoms with Crippen molar-refractivity contribution in [2.24, 2.45) is 0 Å². The van der Waals surface area contributed by atoms with Crippen LogP contribution in [0.4, 0.5) is 11.4 Å². The molecule has 0 radical (unpaired) electrons. The third kappa shape index (κ3) is 6.32. The smallest absolute Gasteiger partial charge is 0.224 e. The highest BCUT2D eigenvalue weighted by atomic mass is 33.1. The van der Waals surface area contributed by atoms with Gasteiger partial charge in [-0.2, -0.15) is 0 Å².